The molecule has 2 saturated heterocycles. The van der Waals surface area contributed by atoms with Crippen LogP contribution >= 0.6 is 0 Å². The number of nitrogens with two attached hydrogens (primary N) is 1. The first kappa shape index (κ1) is 12.2. The Balaban J connectivity index is 1.86. The standard InChI is InChI=1S/C13H19N5O/c14-13(16-19)12-11(4-1-5-15-12)18-8-7-17-6-2-3-10(17)9-18/h1,4-5,10,19H,2-3,6-9H2,(H2,14,16). The molecule has 3 rings (SSSR count). The average Bonchev–Trinajstić information content (AvgIpc) is 2.93. The molecule has 2 fully saturated rings. The topological polar surface area (TPSA) is 78.0 Å². The highest BCUT2D eigenvalue weighted by molar-refractivity contribution is 6.00. The minimum Gasteiger partial charge on any atom is -0.409 e. The summed E-state index contributed by atoms with van der Waals surface area (Å²) in [6, 6.07) is 4.52. The molecule has 0 amide bonds. The molecule has 1 unspecified atom stereocenters. The molecule has 2 aliphatic heterocycles. The van der Waals surface area contributed by atoms with Crippen LogP contribution in [0.1, 0.15) is 18.5 Å². The molecule has 3 heterocycles. The Kier molecular flexibility index (Phi) is 3.25. The summed E-state index contributed by atoms with van der Waals surface area (Å²) in [5.74, 6) is 0.0736. The number of aromatic nitrogens is 1. The van der Waals surface area contributed by atoms with Crippen molar-refractivity contribution >= 4 is 11.5 Å². The van der Waals surface area contributed by atoms with Gasteiger partial charge in [-0.3, -0.25) is 9.88 Å². The lowest BCUT2D eigenvalue weighted by Crippen LogP contribution is -2.50. The van der Waals surface area contributed by atoms with Gasteiger partial charge < -0.3 is 15.8 Å². The summed E-state index contributed by atoms with van der Waals surface area (Å²) in [7, 11) is 0. The van der Waals surface area contributed by atoms with E-state index in [4.69, 9.17) is 10.9 Å². The monoisotopic (exact) mass is 261 g/mol. The Hall–Kier alpha value is -1.82. The molecule has 1 aromatic heterocycles. The van der Waals surface area contributed by atoms with Gasteiger partial charge in [0.05, 0.1) is 5.69 Å². The third-order valence-electron chi connectivity index (χ3n) is 4.06. The summed E-state index contributed by atoms with van der Waals surface area (Å²) in [5.41, 5.74) is 7.24. The van der Waals surface area contributed by atoms with Gasteiger partial charge in [0.15, 0.2) is 5.84 Å². The molecule has 19 heavy (non-hydrogen) atoms. The van der Waals surface area contributed by atoms with Gasteiger partial charge in [0, 0.05) is 31.9 Å². The first-order valence-corrected chi connectivity index (χ1v) is 6.71. The van der Waals surface area contributed by atoms with Gasteiger partial charge in [-0.05, 0) is 31.5 Å². The van der Waals surface area contributed by atoms with Crippen molar-refractivity contribution in [3.8, 4) is 0 Å². The van der Waals surface area contributed by atoms with Crippen molar-refractivity contribution in [1.82, 2.24) is 9.88 Å². The van der Waals surface area contributed by atoms with Crippen molar-refractivity contribution in [3.05, 3.63) is 24.0 Å². The molecule has 0 radical (unpaired) electrons. The van der Waals surface area contributed by atoms with Crippen LogP contribution in [-0.2, 0) is 0 Å². The van der Waals surface area contributed by atoms with Gasteiger partial charge in [-0.2, -0.15) is 0 Å². The summed E-state index contributed by atoms with van der Waals surface area (Å²) in [4.78, 5) is 9.09. The van der Waals surface area contributed by atoms with Crippen LogP contribution in [0.15, 0.2) is 23.5 Å². The van der Waals surface area contributed by atoms with Crippen LogP contribution in [-0.4, -0.2) is 53.1 Å². The van der Waals surface area contributed by atoms with E-state index in [1.807, 2.05) is 12.1 Å². The zero-order valence-corrected chi connectivity index (χ0v) is 10.9. The van der Waals surface area contributed by atoms with Gasteiger partial charge in [0.2, 0.25) is 0 Å². The Morgan fingerprint density at radius 3 is 3.16 bits per heavy atom. The molecule has 6 heteroatoms. The number of pyridine rings is 1. The molecule has 0 spiro atoms. The van der Waals surface area contributed by atoms with E-state index in [0.29, 0.717) is 11.7 Å². The maximum Gasteiger partial charge on any atom is 0.190 e. The molecule has 0 aromatic carbocycles. The lowest BCUT2D eigenvalue weighted by Gasteiger charge is -2.39. The van der Waals surface area contributed by atoms with E-state index in [9.17, 15) is 0 Å². The van der Waals surface area contributed by atoms with Crippen LogP contribution in [0.5, 0.6) is 0 Å². The molecule has 0 aliphatic carbocycles. The number of nitrogens with zero attached hydrogens (tertiary/aromatic N) is 4. The fourth-order valence-corrected chi connectivity index (χ4v) is 3.11. The van der Waals surface area contributed by atoms with Crippen molar-refractivity contribution in [2.75, 3.05) is 31.1 Å². The Bertz CT molecular complexity index is 490. The molecule has 6 nitrogen and oxygen atoms in total. The van der Waals surface area contributed by atoms with Gasteiger partial charge in [-0.1, -0.05) is 5.16 Å². The highest BCUT2D eigenvalue weighted by Gasteiger charge is 2.31. The third-order valence-corrected chi connectivity index (χ3v) is 4.06. The van der Waals surface area contributed by atoms with Crippen molar-refractivity contribution < 1.29 is 5.21 Å². The lowest BCUT2D eigenvalue weighted by atomic mass is 10.1. The number of fused-ring (bicyclic) bond motifs is 1. The highest BCUT2D eigenvalue weighted by Crippen LogP contribution is 2.26. The number of hydrogen-bond acceptors (Lipinski definition) is 5. The lowest BCUT2D eigenvalue weighted by molar-refractivity contribution is 0.231. The van der Waals surface area contributed by atoms with E-state index in [-0.39, 0.29) is 5.84 Å². The second-order valence-electron chi connectivity index (χ2n) is 5.13. The normalized spacial score (nSPS) is 24.5. The van der Waals surface area contributed by atoms with Crippen LogP contribution in [0.2, 0.25) is 0 Å². The van der Waals surface area contributed by atoms with Gasteiger partial charge in [-0.15, -0.1) is 0 Å². The third kappa shape index (κ3) is 2.23. The zero-order chi connectivity index (χ0) is 13.2. The second-order valence-corrected chi connectivity index (χ2v) is 5.13. The predicted octanol–water partition coefficient (Wildman–Crippen LogP) is 0.460. The number of oxime groups is 1. The van der Waals surface area contributed by atoms with Crippen LogP contribution in [0.25, 0.3) is 0 Å². The first-order chi connectivity index (χ1) is 9.29. The fraction of sp³-hybridized carbons (Fsp3) is 0.538. The Morgan fingerprint density at radius 1 is 1.42 bits per heavy atom. The minimum absolute atomic E-state index is 0.0736. The molecule has 1 atom stereocenters. The largest absolute Gasteiger partial charge is 0.409 e. The van der Waals surface area contributed by atoms with Crippen LogP contribution in [0.4, 0.5) is 5.69 Å². The highest BCUT2D eigenvalue weighted by atomic mass is 16.4. The summed E-state index contributed by atoms with van der Waals surface area (Å²) < 4.78 is 0. The average molecular weight is 261 g/mol. The molecular weight excluding hydrogens is 242 g/mol. The number of anilines is 1. The first-order valence-electron chi connectivity index (χ1n) is 6.71. The summed E-state index contributed by atoms with van der Waals surface area (Å²) in [6.07, 6.45) is 4.22. The maximum atomic E-state index is 8.86. The van der Waals surface area contributed by atoms with Crippen LogP contribution in [0, 0.1) is 0 Å². The van der Waals surface area contributed by atoms with E-state index in [0.717, 1.165) is 25.3 Å². The molecule has 1 aromatic rings. The van der Waals surface area contributed by atoms with E-state index in [2.05, 4.69) is 19.9 Å². The molecule has 102 valence electrons. The molecule has 0 saturated carbocycles. The Morgan fingerprint density at radius 2 is 2.32 bits per heavy atom. The fourth-order valence-electron chi connectivity index (χ4n) is 3.11. The van der Waals surface area contributed by atoms with Crippen LogP contribution < -0.4 is 10.6 Å². The zero-order valence-electron chi connectivity index (χ0n) is 10.9. The summed E-state index contributed by atoms with van der Waals surface area (Å²) in [5, 5.41) is 11.9. The smallest absolute Gasteiger partial charge is 0.190 e. The summed E-state index contributed by atoms with van der Waals surface area (Å²) >= 11 is 0. The number of hydrogen-bond donors (Lipinski definition) is 2. The molecule has 2 aliphatic rings. The molecule has 3 N–H and O–H groups in total. The number of piperazine rings is 1. The van der Waals surface area contributed by atoms with Crippen molar-refractivity contribution in [3.63, 3.8) is 0 Å². The van der Waals surface area contributed by atoms with E-state index in [1.165, 1.54) is 19.4 Å². The van der Waals surface area contributed by atoms with Gasteiger partial charge >= 0.3 is 0 Å². The van der Waals surface area contributed by atoms with Gasteiger partial charge in [0.1, 0.15) is 5.69 Å². The van der Waals surface area contributed by atoms with E-state index in [1.54, 1.807) is 6.20 Å². The number of rotatable bonds is 2. The minimum atomic E-state index is 0.0736. The van der Waals surface area contributed by atoms with Crippen LogP contribution in [0.3, 0.4) is 0 Å². The molecular formula is C13H19N5O. The van der Waals surface area contributed by atoms with Gasteiger partial charge in [0.25, 0.3) is 0 Å². The quantitative estimate of drug-likeness (QED) is 0.350. The maximum absolute atomic E-state index is 8.86. The predicted molar refractivity (Wildman–Crippen MR) is 73.6 cm³/mol. The molecule has 0 bridgehead atoms. The van der Waals surface area contributed by atoms with Crippen molar-refractivity contribution in [2.24, 2.45) is 10.9 Å². The van der Waals surface area contributed by atoms with E-state index >= 15 is 0 Å². The van der Waals surface area contributed by atoms with Crippen molar-refractivity contribution in [1.29, 1.82) is 0 Å². The van der Waals surface area contributed by atoms with Crippen molar-refractivity contribution in [2.45, 2.75) is 18.9 Å². The summed E-state index contributed by atoms with van der Waals surface area (Å²) in [6.45, 7) is 4.26. The van der Waals surface area contributed by atoms with E-state index < -0.39 is 0 Å². The Labute approximate surface area is 112 Å². The SMILES string of the molecule is N/C(=N/O)c1ncccc1N1CCN2CCCC2C1. The van der Waals surface area contributed by atoms with Gasteiger partial charge in [-0.25, -0.2) is 0 Å². The number of amidine groups is 1. The second kappa shape index (κ2) is 5.05.